The molecule has 102 valence electrons. The molecule has 0 N–H and O–H groups in total. The molecule has 0 aromatic heterocycles. The Morgan fingerprint density at radius 2 is 2.11 bits per heavy atom. The topological polar surface area (TPSA) is 18.5 Å². The summed E-state index contributed by atoms with van der Waals surface area (Å²) in [5, 5.41) is 0.817. The Hall–Kier alpha value is -0.450. The summed E-state index contributed by atoms with van der Waals surface area (Å²) < 4.78 is 23.6. The molecule has 0 saturated carbocycles. The molecule has 1 rings (SSSR count). The van der Waals surface area contributed by atoms with Gasteiger partial charge in [0.05, 0.1) is 0 Å². The van der Waals surface area contributed by atoms with Crippen LogP contribution in [-0.2, 0) is 9.47 Å². The first-order valence-corrected chi connectivity index (χ1v) is 7.28. The summed E-state index contributed by atoms with van der Waals surface area (Å²) in [6.07, 6.45) is 1.80. The van der Waals surface area contributed by atoms with Crippen LogP contribution < -0.4 is 0 Å². The molecule has 0 heterocycles. The minimum atomic E-state index is -0.181. The van der Waals surface area contributed by atoms with E-state index in [0.29, 0.717) is 19.1 Å². The Morgan fingerprint density at radius 3 is 2.78 bits per heavy atom. The van der Waals surface area contributed by atoms with Gasteiger partial charge in [0.25, 0.3) is 0 Å². The molecular formula is C14H20BrFO2. The molecule has 0 aliphatic carbocycles. The van der Waals surface area contributed by atoms with Crippen LogP contribution in [0.1, 0.15) is 24.3 Å². The van der Waals surface area contributed by atoms with Crippen molar-refractivity contribution in [2.24, 2.45) is 0 Å². The second-order valence-corrected chi connectivity index (χ2v) is 4.80. The Balaban J connectivity index is 2.29. The third kappa shape index (κ3) is 5.94. The highest BCUT2D eigenvalue weighted by atomic mass is 79.9. The summed E-state index contributed by atoms with van der Waals surface area (Å²) >= 11 is 3.47. The lowest BCUT2D eigenvalue weighted by atomic mass is 9.98. The van der Waals surface area contributed by atoms with E-state index in [-0.39, 0.29) is 5.82 Å². The molecule has 0 saturated heterocycles. The monoisotopic (exact) mass is 318 g/mol. The van der Waals surface area contributed by atoms with Crippen LogP contribution in [-0.4, -0.2) is 32.3 Å². The van der Waals surface area contributed by atoms with Crippen molar-refractivity contribution in [2.45, 2.75) is 18.8 Å². The highest BCUT2D eigenvalue weighted by molar-refractivity contribution is 9.09. The van der Waals surface area contributed by atoms with Gasteiger partial charge in [-0.05, 0) is 36.5 Å². The molecule has 18 heavy (non-hydrogen) atoms. The fourth-order valence-electron chi connectivity index (χ4n) is 1.73. The molecule has 1 aromatic rings. The first kappa shape index (κ1) is 15.6. The summed E-state index contributed by atoms with van der Waals surface area (Å²) in [6.45, 7) is 2.13. The van der Waals surface area contributed by atoms with Crippen LogP contribution in [0.15, 0.2) is 24.3 Å². The van der Waals surface area contributed by atoms with E-state index in [1.54, 1.807) is 19.2 Å². The van der Waals surface area contributed by atoms with Crippen molar-refractivity contribution < 1.29 is 13.9 Å². The maximum absolute atomic E-state index is 13.1. The Labute approximate surface area is 117 Å². The van der Waals surface area contributed by atoms with E-state index >= 15 is 0 Å². The summed E-state index contributed by atoms with van der Waals surface area (Å²) in [5.74, 6) is 0.114. The molecular weight excluding hydrogens is 299 g/mol. The number of ether oxygens (including phenoxy) is 2. The fourth-order valence-corrected chi connectivity index (χ4v) is 2.42. The van der Waals surface area contributed by atoms with Crippen LogP contribution in [0.2, 0.25) is 0 Å². The summed E-state index contributed by atoms with van der Waals surface area (Å²) in [7, 11) is 1.69. The first-order chi connectivity index (χ1) is 8.77. The maximum Gasteiger partial charge on any atom is 0.123 e. The Bertz CT molecular complexity index is 333. The van der Waals surface area contributed by atoms with Crippen LogP contribution in [0.4, 0.5) is 4.39 Å². The average Bonchev–Trinajstić information content (AvgIpc) is 2.38. The van der Waals surface area contributed by atoms with E-state index in [1.165, 1.54) is 6.07 Å². The minimum absolute atomic E-state index is 0.181. The predicted octanol–water partition coefficient (Wildman–Crippen LogP) is 3.75. The van der Waals surface area contributed by atoms with Gasteiger partial charge in [-0.3, -0.25) is 0 Å². The predicted molar refractivity (Wildman–Crippen MR) is 74.9 cm³/mol. The lowest BCUT2D eigenvalue weighted by Crippen LogP contribution is -2.07. The zero-order valence-corrected chi connectivity index (χ0v) is 12.3. The minimum Gasteiger partial charge on any atom is -0.385 e. The third-order valence-electron chi connectivity index (χ3n) is 2.75. The van der Waals surface area contributed by atoms with E-state index in [1.807, 2.05) is 6.07 Å². The van der Waals surface area contributed by atoms with Gasteiger partial charge in [0, 0.05) is 32.3 Å². The largest absolute Gasteiger partial charge is 0.385 e. The number of benzene rings is 1. The van der Waals surface area contributed by atoms with Crippen LogP contribution in [0.3, 0.4) is 0 Å². The van der Waals surface area contributed by atoms with Gasteiger partial charge in [-0.15, -0.1) is 0 Å². The van der Waals surface area contributed by atoms with Gasteiger partial charge in [-0.25, -0.2) is 4.39 Å². The van der Waals surface area contributed by atoms with Crippen molar-refractivity contribution in [3.63, 3.8) is 0 Å². The van der Waals surface area contributed by atoms with Crippen molar-refractivity contribution in [2.75, 3.05) is 32.3 Å². The van der Waals surface area contributed by atoms with Gasteiger partial charge in [0.15, 0.2) is 0 Å². The van der Waals surface area contributed by atoms with Crippen molar-refractivity contribution in [3.8, 4) is 0 Å². The fraction of sp³-hybridized carbons (Fsp3) is 0.571. The molecule has 1 atom stereocenters. The molecule has 1 unspecified atom stereocenters. The molecule has 0 aliphatic heterocycles. The molecule has 0 radical (unpaired) electrons. The quantitative estimate of drug-likeness (QED) is 0.510. The number of hydrogen-bond donors (Lipinski definition) is 0. The number of methoxy groups -OCH3 is 1. The second-order valence-electron chi connectivity index (χ2n) is 4.15. The van der Waals surface area contributed by atoms with Crippen molar-refractivity contribution in [3.05, 3.63) is 35.6 Å². The molecule has 0 fully saturated rings. The first-order valence-electron chi connectivity index (χ1n) is 6.16. The van der Waals surface area contributed by atoms with Gasteiger partial charge < -0.3 is 9.47 Å². The summed E-state index contributed by atoms with van der Waals surface area (Å²) in [5.41, 5.74) is 1.02. The zero-order valence-electron chi connectivity index (χ0n) is 10.7. The van der Waals surface area contributed by atoms with Crippen LogP contribution in [0.5, 0.6) is 0 Å². The van der Waals surface area contributed by atoms with Crippen LogP contribution in [0.25, 0.3) is 0 Å². The van der Waals surface area contributed by atoms with Gasteiger partial charge in [0.2, 0.25) is 0 Å². The van der Waals surface area contributed by atoms with Crippen molar-refractivity contribution in [1.82, 2.24) is 0 Å². The van der Waals surface area contributed by atoms with E-state index in [2.05, 4.69) is 15.9 Å². The standard InChI is InChI=1S/C14H20BrFO2/c1-17-7-3-8-18-9-6-13(11-15)12-4-2-5-14(16)10-12/h2,4-5,10,13H,3,6-9,11H2,1H3. The molecule has 0 spiro atoms. The summed E-state index contributed by atoms with van der Waals surface area (Å²) in [6, 6.07) is 6.77. The summed E-state index contributed by atoms with van der Waals surface area (Å²) in [4.78, 5) is 0. The SMILES string of the molecule is COCCCOCCC(CBr)c1cccc(F)c1. The van der Waals surface area contributed by atoms with Crippen molar-refractivity contribution in [1.29, 1.82) is 0 Å². The lowest BCUT2D eigenvalue weighted by Gasteiger charge is -2.14. The van der Waals surface area contributed by atoms with E-state index in [9.17, 15) is 4.39 Å². The molecule has 2 nitrogen and oxygen atoms in total. The second kappa shape index (κ2) is 9.48. The van der Waals surface area contributed by atoms with E-state index < -0.39 is 0 Å². The number of hydrogen-bond acceptors (Lipinski definition) is 2. The molecule has 1 aromatic carbocycles. The maximum atomic E-state index is 13.1. The molecule has 0 amide bonds. The van der Waals surface area contributed by atoms with E-state index in [0.717, 1.165) is 30.3 Å². The smallest absolute Gasteiger partial charge is 0.123 e. The van der Waals surface area contributed by atoms with Gasteiger partial charge in [0.1, 0.15) is 5.82 Å². The molecule has 0 aliphatic rings. The highest BCUT2D eigenvalue weighted by Gasteiger charge is 2.10. The van der Waals surface area contributed by atoms with Crippen molar-refractivity contribution >= 4 is 15.9 Å². The molecule has 4 heteroatoms. The van der Waals surface area contributed by atoms with Crippen LogP contribution in [0, 0.1) is 5.82 Å². The van der Waals surface area contributed by atoms with Gasteiger partial charge >= 0.3 is 0 Å². The number of rotatable bonds is 9. The zero-order chi connectivity index (χ0) is 13.2. The molecule has 0 bridgehead atoms. The average molecular weight is 319 g/mol. The number of alkyl halides is 1. The highest BCUT2D eigenvalue weighted by Crippen LogP contribution is 2.22. The van der Waals surface area contributed by atoms with E-state index in [4.69, 9.17) is 9.47 Å². The number of halogens is 2. The lowest BCUT2D eigenvalue weighted by molar-refractivity contribution is 0.0990. The third-order valence-corrected chi connectivity index (χ3v) is 3.54. The van der Waals surface area contributed by atoms with Gasteiger partial charge in [-0.1, -0.05) is 28.1 Å². The Morgan fingerprint density at radius 1 is 1.28 bits per heavy atom. The van der Waals surface area contributed by atoms with Gasteiger partial charge in [-0.2, -0.15) is 0 Å². The van der Waals surface area contributed by atoms with Crippen LogP contribution >= 0.6 is 15.9 Å². The Kier molecular flexibility index (Phi) is 8.22. The normalized spacial score (nSPS) is 12.6.